The van der Waals surface area contributed by atoms with Crippen LogP contribution in [-0.4, -0.2) is 16.6 Å². The number of ether oxygens (including phenoxy) is 2. The van der Waals surface area contributed by atoms with E-state index in [1.165, 1.54) is 0 Å². The summed E-state index contributed by atoms with van der Waals surface area (Å²) in [4.78, 5) is 0. The van der Waals surface area contributed by atoms with Gasteiger partial charge in [0.25, 0.3) is 0 Å². The predicted octanol–water partition coefficient (Wildman–Crippen LogP) is 2.01. The fraction of sp³-hybridized carbons (Fsp3) is 0.308. The van der Waals surface area contributed by atoms with E-state index in [-0.39, 0.29) is 6.79 Å². The number of anilines is 1. The highest BCUT2D eigenvalue weighted by Crippen LogP contribution is 2.41. The van der Waals surface area contributed by atoms with Gasteiger partial charge in [-0.3, -0.25) is 4.68 Å². The second kappa shape index (κ2) is 3.66. The number of aromatic nitrogens is 2. The highest BCUT2D eigenvalue weighted by atomic mass is 16.7. The zero-order chi connectivity index (χ0) is 12.9. The lowest BCUT2D eigenvalue weighted by molar-refractivity contribution is 0.173. The Morgan fingerprint density at radius 2 is 2.00 bits per heavy atom. The molecule has 0 amide bonds. The first-order valence-electron chi connectivity index (χ1n) is 5.77. The van der Waals surface area contributed by atoms with Gasteiger partial charge in [0.1, 0.15) is 5.82 Å². The van der Waals surface area contributed by atoms with Crippen LogP contribution in [0.15, 0.2) is 12.1 Å². The van der Waals surface area contributed by atoms with Gasteiger partial charge in [0, 0.05) is 18.7 Å². The number of benzene rings is 1. The first-order chi connectivity index (χ1) is 8.58. The molecule has 1 aromatic heterocycles. The summed E-state index contributed by atoms with van der Waals surface area (Å²) in [6.45, 7) is 4.36. The van der Waals surface area contributed by atoms with Crippen molar-refractivity contribution in [1.82, 2.24) is 9.78 Å². The molecule has 0 radical (unpaired) electrons. The molecule has 1 aromatic carbocycles. The van der Waals surface area contributed by atoms with Crippen LogP contribution in [0.25, 0.3) is 11.3 Å². The van der Waals surface area contributed by atoms with Gasteiger partial charge in [-0.2, -0.15) is 5.10 Å². The average molecular weight is 245 g/mol. The van der Waals surface area contributed by atoms with E-state index >= 15 is 0 Å². The van der Waals surface area contributed by atoms with Crippen molar-refractivity contribution < 1.29 is 9.47 Å². The topological polar surface area (TPSA) is 62.3 Å². The molecular weight excluding hydrogens is 230 g/mol. The molecule has 0 unspecified atom stereocenters. The maximum atomic E-state index is 5.82. The van der Waals surface area contributed by atoms with Gasteiger partial charge in [0.05, 0.1) is 5.69 Å². The lowest BCUT2D eigenvalue weighted by Crippen LogP contribution is -1.97. The minimum atomic E-state index is 0.281. The zero-order valence-electron chi connectivity index (χ0n) is 10.7. The second-order valence-corrected chi connectivity index (χ2v) is 4.49. The minimum absolute atomic E-state index is 0.281. The highest BCUT2D eigenvalue weighted by molar-refractivity contribution is 5.72. The van der Waals surface area contributed by atoms with E-state index in [2.05, 4.69) is 12.0 Å². The number of nitrogens with two attached hydrogens (primary N) is 1. The molecule has 1 aliphatic heterocycles. The molecule has 2 N–H and O–H groups in total. The summed E-state index contributed by atoms with van der Waals surface area (Å²) < 4.78 is 12.6. The van der Waals surface area contributed by atoms with E-state index in [0.717, 1.165) is 33.9 Å². The van der Waals surface area contributed by atoms with E-state index in [0.29, 0.717) is 5.82 Å². The van der Waals surface area contributed by atoms with Crippen molar-refractivity contribution in [2.75, 3.05) is 12.5 Å². The Morgan fingerprint density at radius 3 is 2.67 bits per heavy atom. The van der Waals surface area contributed by atoms with Gasteiger partial charge in [-0.15, -0.1) is 0 Å². The van der Waals surface area contributed by atoms with Gasteiger partial charge in [-0.25, -0.2) is 0 Å². The summed E-state index contributed by atoms with van der Waals surface area (Å²) in [7, 11) is 1.83. The molecule has 0 saturated heterocycles. The van der Waals surface area contributed by atoms with Crippen LogP contribution in [0.2, 0.25) is 0 Å². The summed E-state index contributed by atoms with van der Waals surface area (Å²) in [5.41, 5.74) is 9.93. The Balaban J connectivity index is 2.21. The summed E-state index contributed by atoms with van der Waals surface area (Å²) in [5, 5.41) is 4.40. The Morgan fingerprint density at radius 1 is 1.22 bits per heavy atom. The van der Waals surface area contributed by atoms with E-state index in [1.807, 2.05) is 26.1 Å². The molecule has 0 fully saturated rings. The van der Waals surface area contributed by atoms with Crippen LogP contribution in [0.4, 0.5) is 5.82 Å². The first kappa shape index (κ1) is 11.0. The van der Waals surface area contributed by atoms with Crippen molar-refractivity contribution in [3.8, 4) is 22.8 Å². The van der Waals surface area contributed by atoms with Crippen molar-refractivity contribution >= 4 is 5.82 Å². The number of nitrogen functional groups attached to an aromatic ring is 1. The largest absolute Gasteiger partial charge is 0.454 e. The summed E-state index contributed by atoms with van der Waals surface area (Å²) in [6.07, 6.45) is 0. The molecule has 5 heteroatoms. The monoisotopic (exact) mass is 245 g/mol. The van der Waals surface area contributed by atoms with Crippen molar-refractivity contribution in [2.24, 2.45) is 7.05 Å². The molecule has 0 saturated carbocycles. The molecule has 0 atom stereocenters. The Kier molecular flexibility index (Phi) is 2.23. The molecule has 2 heterocycles. The standard InChI is InChI=1S/C13H15N3O2/c1-7-8(2)13-11(17-6-18-13)4-9(7)10-5-12(14)16(3)15-10/h4-5H,6,14H2,1-3H3. The fourth-order valence-electron chi connectivity index (χ4n) is 2.18. The molecule has 18 heavy (non-hydrogen) atoms. The van der Waals surface area contributed by atoms with Crippen LogP contribution in [0, 0.1) is 13.8 Å². The third-order valence-electron chi connectivity index (χ3n) is 3.42. The lowest BCUT2D eigenvalue weighted by Gasteiger charge is -2.09. The summed E-state index contributed by atoms with van der Waals surface area (Å²) in [5.74, 6) is 2.25. The third kappa shape index (κ3) is 1.44. The average Bonchev–Trinajstić information content (AvgIpc) is 2.92. The number of rotatable bonds is 1. The first-order valence-corrected chi connectivity index (χ1v) is 5.77. The molecule has 2 aromatic rings. The van der Waals surface area contributed by atoms with Crippen molar-refractivity contribution in [3.05, 3.63) is 23.3 Å². The maximum absolute atomic E-state index is 5.82. The van der Waals surface area contributed by atoms with E-state index in [1.54, 1.807) is 4.68 Å². The van der Waals surface area contributed by atoms with Gasteiger partial charge < -0.3 is 15.2 Å². The Labute approximate surface area is 105 Å². The molecular formula is C13H15N3O2. The summed E-state index contributed by atoms with van der Waals surface area (Å²) in [6, 6.07) is 3.83. The molecule has 5 nitrogen and oxygen atoms in total. The van der Waals surface area contributed by atoms with Gasteiger partial charge in [0.2, 0.25) is 6.79 Å². The van der Waals surface area contributed by atoms with Crippen molar-refractivity contribution in [1.29, 1.82) is 0 Å². The van der Waals surface area contributed by atoms with Crippen LogP contribution >= 0.6 is 0 Å². The molecule has 1 aliphatic rings. The van der Waals surface area contributed by atoms with E-state index < -0.39 is 0 Å². The van der Waals surface area contributed by atoms with Gasteiger partial charge in [-0.05, 0) is 31.0 Å². The maximum Gasteiger partial charge on any atom is 0.231 e. The Bertz CT molecular complexity index is 612. The zero-order valence-corrected chi connectivity index (χ0v) is 10.7. The van der Waals surface area contributed by atoms with Crippen LogP contribution in [0.3, 0.4) is 0 Å². The van der Waals surface area contributed by atoms with E-state index in [4.69, 9.17) is 15.2 Å². The predicted molar refractivity (Wildman–Crippen MR) is 68.7 cm³/mol. The molecule has 3 rings (SSSR count). The van der Waals surface area contributed by atoms with Crippen LogP contribution in [0.5, 0.6) is 11.5 Å². The second-order valence-electron chi connectivity index (χ2n) is 4.49. The molecule has 0 bridgehead atoms. The van der Waals surface area contributed by atoms with Gasteiger partial charge >= 0.3 is 0 Å². The van der Waals surface area contributed by atoms with E-state index in [9.17, 15) is 0 Å². The highest BCUT2D eigenvalue weighted by Gasteiger charge is 2.21. The summed E-state index contributed by atoms with van der Waals surface area (Å²) >= 11 is 0. The Hall–Kier alpha value is -2.17. The normalized spacial score (nSPS) is 13.1. The van der Waals surface area contributed by atoms with Crippen LogP contribution in [-0.2, 0) is 7.05 Å². The fourth-order valence-corrected chi connectivity index (χ4v) is 2.18. The molecule has 0 spiro atoms. The van der Waals surface area contributed by atoms with Crippen LogP contribution < -0.4 is 15.2 Å². The number of hydrogen-bond donors (Lipinski definition) is 1. The van der Waals surface area contributed by atoms with Gasteiger partial charge in [-0.1, -0.05) is 0 Å². The lowest BCUT2D eigenvalue weighted by atomic mass is 9.99. The third-order valence-corrected chi connectivity index (χ3v) is 3.42. The molecule has 94 valence electrons. The van der Waals surface area contributed by atoms with Crippen molar-refractivity contribution in [3.63, 3.8) is 0 Å². The quantitative estimate of drug-likeness (QED) is 0.834. The SMILES string of the molecule is Cc1c(-c2cc(N)n(C)n2)cc2c(c1C)OCO2. The van der Waals surface area contributed by atoms with Gasteiger partial charge in [0.15, 0.2) is 11.5 Å². The molecule has 0 aliphatic carbocycles. The minimum Gasteiger partial charge on any atom is -0.454 e. The van der Waals surface area contributed by atoms with Crippen LogP contribution in [0.1, 0.15) is 11.1 Å². The van der Waals surface area contributed by atoms with Crippen molar-refractivity contribution in [2.45, 2.75) is 13.8 Å². The smallest absolute Gasteiger partial charge is 0.231 e. The number of aryl methyl sites for hydroxylation is 1. The number of hydrogen-bond acceptors (Lipinski definition) is 4. The number of nitrogens with zero attached hydrogens (tertiary/aromatic N) is 2. The number of fused-ring (bicyclic) bond motifs is 1.